The van der Waals surface area contributed by atoms with Gasteiger partial charge in [-0.15, -0.1) is 0 Å². The molecule has 13 heteroatoms. The number of hydrogen-bond acceptors (Lipinski definition) is 6. The van der Waals surface area contributed by atoms with Crippen molar-refractivity contribution < 1.29 is 24.7 Å². The second kappa shape index (κ2) is 34.7. The molecule has 46 heavy (non-hydrogen) atoms. The van der Waals surface area contributed by atoms with Gasteiger partial charge in [-0.05, 0) is 37.8 Å². The highest BCUT2D eigenvalue weighted by atomic mass is 28.5. The highest BCUT2D eigenvalue weighted by Crippen LogP contribution is 2.31. The van der Waals surface area contributed by atoms with Crippen LogP contribution in [0.1, 0.15) is 175 Å². The zero-order valence-electron chi connectivity index (χ0n) is 32.2. The van der Waals surface area contributed by atoms with Crippen molar-refractivity contribution in [3.05, 3.63) is 0 Å². The number of hydrogen-bond donors (Lipinski definition) is 0. The van der Waals surface area contributed by atoms with E-state index in [4.69, 9.17) is 24.7 Å². The Hall–Kier alpha value is 1.28. The third-order valence-corrected chi connectivity index (χ3v) is 25.2. The van der Waals surface area contributed by atoms with E-state index < -0.39 is 56.2 Å². The first-order valence-corrected chi connectivity index (χ1v) is 31.6. The molecular formula is C33H82O6Si7. The Morgan fingerprint density at radius 2 is 0.826 bits per heavy atom. The van der Waals surface area contributed by atoms with Gasteiger partial charge in [-0.25, -0.2) is 0 Å². The molecule has 0 heterocycles. The lowest BCUT2D eigenvalue weighted by Gasteiger charge is -2.33. The lowest BCUT2D eigenvalue weighted by atomic mass is 10.1. The lowest BCUT2D eigenvalue weighted by Crippen LogP contribution is -2.41. The van der Waals surface area contributed by atoms with Gasteiger partial charge in [0, 0.05) is 0 Å². The largest absolute Gasteiger partial charge is 0.453 e. The van der Waals surface area contributed by atoms with Crippen molar-refractivity contribution in [2.75, 3.05) is 0 Å². The maximum absolute atomic E-state index is 7.08. The molecule has 0 aromatic heterocycles. The minimum absolute atomic E-state index is 0.654. The fourth-order valence-electron chi connectivity index (χ4n) is 6.17. The molecule has 0 amide bonds. The molecule has 0 radical (unpaired) electrons. The first kappa shape index (κ1) is 47.3. The topological polar surface area (TPSA) is 55.4 Å². The van der Waals surface area contributed by atoms with Gasteiger partial charge >= 0.3 is 9.53 Å². The van der Waals surface area contributed by atoms with Crippen molar-refractivity contribution in [3.8, 4) is 0 Å². The van der Waals surface area contributed by atoms with E-state index in [0.29, 0.717) is 10.5 Å². The van der Waals surface area contributed by atoms with E-state index in [1.807, 2.05) is 0 Å². The molecule has 0 rings (SSSR count). The molecule has 0 N–H and O–H groups in total. The van der Waals surface area contributed by atoms with Crippen molar-refractivity contribution >= 4 is 66.7 Å². The Morgan fingerprint density at radius 3 is 1.17 bits per heavy atom. The molecule has 0 aliphatic carbocycles. The summed E-state index contributed by atoms with van der Waals surface area (Å²) in [6.45, 7) is 13.5. The Labute approximate surface area is 302 Å². The van der Waals surface area contributed by atoms with Crippen LogP contribution >= 0.6 is 0 Å². The van der Waals surface area contributed by atoms with Crippen molar-refractivity contribution in [2.45, 2.75) is 213 Å². The number of unbranched alkanes of at least 4 members (excludes halogenated alkanes) is 21. The number of rotatable bonds is 38. The van der Waals surface area contributed by atoms with Crippen LogP contribution in [-0.2, 0) is 24.7 Å². The molecule has 0 aliphatic rings. The first-order valence-electron chi connectivity index (χ1n) is 19.9. The van der Waals surface area contributed by atoms with Gasteiger partial charge in [0.2, 0.25) is 0 Å². The maximum atomic E-state index is 7.08. The summed E-state index contributed by atoms with van der Waals surface area (Å²) in [4.78, 5) is 0. The van der Waals surface area contributed by atoms with Crippen LogP contribution in [0.3, 0.4) is 0 Å². The zero-order valence-corrected chi connectivity index (χ0v) is 41.6. The average Bonchev–Trinajstić information content (AvgIpc) is 3.03. The first-order chi connectivity index (χ1) is 22.3. The second-order valence-corrected chi connectivity index (χ2v) is 32.6. The van der Waals surface area contributed by atoms with E-state index in [-0.39, 0.29) is 0 Å². The van der Waals surface area contributed by atoms with Gasteiger partial charge in [0.15, 0.2) is 16.6 Å². The third-order valence-electron chi connectivity index (χ3n) is 9.00. The van der Waals surface area contributed by atoms with E-state index in [0.717, 1.165) is 0 Å². The predicted octanol–water partition coefficient (Wildman–Crippen LogP) is 8.28. The fraction of sp³-hybridized carbons (Fsp3) is 1.00. The summed E-state index contributed by atoms with van der Waals surface area (Å²) < 4.78 is 36.9. The quantitative estimate of drug-likeness (QED) is 0.0466. The smallest absolute Gasteiger partial charge is 0.440 e. The second-order valence-electron chi connectivity index (χ2n) is 14.7. The molecule has 1 unspecified atom stereocenters. The lowest BCUT2D eigenvalue weighted by molar-refractivity contribution is 0.298. The Morgan fingerprint density at radius 1 is 0.478 bits per heavy atom. The fourth-order valence-corrected chi connectivity index (χ4v) is 23.4. The van der Waals surface area contributed by atoms with Crippen LogP contribution < -0.4 is 0 Å². The van der Waals surface area contributed by atoms with Crippen molar-refractivity contribution in [1.29, 1.82) is 0 Å². The molecular weight excluding hydrogens is 689 g/mol. The maximum Gasteiger partial charge on any atom is 0.453 e. The summed E-state index contributed by atoms with van der Waals surface area (Å²) in [6, 6.07) is 4.06. The molecule has 278 valence electrons. The van der Waals surface area contributed by atoms with Crippen LogP contribution in [0.25, 0.3) is 0 Å². The highest BCUT2D eigenvalue weighted by molar-refractivity contribution is 6.77. The zero-order chi connectivity index (χ0) is 34.0. The van der Waals surface area contributed by atoms with Crippen molar-refractivity contribution in [3.63, 3.8) is 0 Å². The van der Waals surface area contributed by atoms with Crippen LogP contribution in [0.4, 0.5) is 0 Å². The Kier molecular flexibility index (Phi) is 35.7. The average molecular weight is 772 g/mol. The Bertz CT molecular complexity index is 569. The summed E-state index contributed by atoms with van der Waals surface area (Å²) in [7, 11) is -7.91. The molecule has 0 bridgehead atoms. The summed E-state index contributed by atoms with van der Waals surface area (Å²) in [5, 5.41) is 0. The van der Waals surface area contributed by atoms with Gasteiger partial charge in [-0.3, -0.25) is 0 Å². The molecule has 6 nitrogen and oxygen atoms in total. The summed E-state index contributed by atoms with van der Waals surface area (Å²) in [5.41, 5.74) is 0. The van der Waals surface area contributed by atoms with Gasteiger partial charge in [0.1, 0.15) is 10.5 Å². The minimum Gasteiger partial charge on any atom is -0.440 e. The van der Waals surface area contributed by atoms with Gasteiger partial charge in [-0.2, -0.15) is 0 Å². The van der Waals surface area contributed by atoms with Crippen LogP contribution in [0.15, 0.2) is 0 Å². The molecule has 0 saturated carbocycles. The SMILES string of the molecule is CCCCCCCCCC[Si](CCCCCCCCCC)(CCCCCCCCCC)O[SiH2]O[SiH2]O[SiH2]O[SiH](O[SiH3])O[Si](C)(C)C. The third kappa shape index (κ3) is 32.5. The van der Waals surface area contributed by atoms with Crippen LogP contribution in [0.2, 0.25) is 37.8 Å². The molecule has 0 aromatic carbocycles. The minimum atomic E-state index is -1.99. The predicted molar refractivity (Wildman–Crippen MR) is 221 cm³/mol. The molecule has 0 saturated heterocycles. The van der Waals surface area contributed by atoms with E-state index in [9.17, 15) is 0 Å². The standard InChI is InChI=1S/C33H82O6Si7/c1-7-10-13-16-19-22-25-28-31-46(32-29-26-23-20-17-14-11-8-2,33-30-27-24-21-18-15-12-9-3)38-43-36-41-35-42-37-44(34-40)39-45(4,5)6/h44H,7-33,41-43H2,1-6,40H3. The van der Waals surface area contributed by atoms with Gasteiger partial charge in [0.25, 0.3) is 30.0 Å². The van der Waals surface area contributed by atoms with Crippen LogP contribution in [-0.4, -0.2) is 66.7 Å². The summed E-state index contributed by atoms with van der Waals surface area (Å²) in [6.07, 6.45) is 33.4. The van der Waals surface area contributed by atoms with Crippen molar-refractivity contribution in [1.82, 2.24) is 0 Å². The van der Waals surface area contributed by atoms with Gasteiger partial charge in [-0.1, -0.05) is 175 Å². The summed E-state index contributed by atoms with van der Waals surface area (Å²) in [5.74, 6) is 0. The van der Waals surface area contributed by atoms with E-state index in [2.05, 4.69) is 40.4 Å². The van der Waals surface area contributed by atoms with Gasteiger partial charge < -0.3 is 24.7 Å². The van der Waals surface area contributed by atoms with Crippen molar-refractivity contribution in [2.24, 2.45) is 0 Å². The molecule has 0 spiro atoms. The highest BCUT2D eigenvalue weighted by Gasteiger charge is 2.33. The molecule has 0 fully saturated rings. The summed E-state index contributed by atoms with van der Waals surface area (Å²) >= 11 is 0. The van der Waals surface area contributed by atoms with Crippen LogP contribution in [0, 0.1) is 0 Å². The molecule has 0 aromatic rings. The molecule has 1 atom stereocenters. The Balaban J connectivity index is 4.97. The van der Waals surface area contributed by atoms with Crippen LogP contribution in [0.5, 0.6) is 0 Å². The normalized spacial score (nSPS) is 14.0. The van der Waals surface area contributed by atoms with E-state index in [1.54, 1.807) is 0 Å². The monoisotopic (exact) mass is 770 g/mol. The van der Waals surface area contributed by atoms with E-state index >= 15 is 0 Å². The van der Waals surface area contributed by atoms with Gasteiger partial charge in [0.05, 0.1) is 0 Å². The molecule has 0 aliphatic heterocycles. The van der Waals surface area contributed by atoms with E-state index in [1.165, 1.54) is 172 Å².